The van der Waals surface area contributed by atoms with Crippen LogP contribution in [0.4, 0.5) is 5.69 Å². The summed E-state index contributed by atoms with van der Waals surface area (Å²) in [5.41, 5.74) is 1.12. The number of benzene rings is 3. The number of carboxylic acid groups (broad SMARTS) is 1. The van der Waals surface area contributed by atoms with Gasteiger partial charge in [0, 0.05) is 17.0 Å². The summed E-state index contributed by atoms with van der Waals surface area (Å²) >= 11 is 0. The fraction of sp³-hybridized carbons (Fsp3) is 0.0417. The third-order valence-corrected chi connectivity index (χ3v) is 4.95. The Labute approximate surface area is 181 Å². The molecule has 1 heterocycles. The van der Waals surface area contributed by atoms with E-state index < -0.39 is 17.3 Å². The molecule has 0 saturated heterocycles. The van der Waals surface area contributed by atoms with Gasteiger partial charge in [-0.1, -0.05) is 12.1 Å². The fourth-order valence-electron chi connectivity index (χ4n) is 3.35. The standard InChI is InChI=1S/C24H18N2O6/c1-32-17-7-5-13(6-8-17)23(29)26-19-11-15(14-3-2-4-16(27)9-14)10-18-21(28)12-20(24(30)31)25-22(18)19/h2-12,27H,1H3,(H,25,28)(H,26,29)(H,30,31). The van der Waals surface area contributed by atoms with Crippen LogP contribution < -0.4 is 15.5 Å². The molecule has 0 radical (unpaired) electrons. The zero-order chi connectivity index (χ0) is 22.8. The number of anilines is 1. The Morgan fingerprint density at radius 2 is 1.72 bits per heavy atom. The van der Waals surface area contributed by atoms with Gasteiger partial charge in [0.2, 0.25) is 0 Å². The van der Waals surface area contributed by atoms with Gasteiger partial charge >= 0.3 is 5.97 Å². The molecule has 0 aliphatic heterocycles. The Hall–Kier alpha value is -4.59. The summed E-state index contributed by atoms with van der Waals surface area (Å²) < 4.78 is 5.10. The largest absolute Gasteiger partial charge is 0.508 e. The number of hydrogen-bond donors (Lipinski definition) is 4. The first-order valence-electron chi connectivity index (χ1n) is 9.55. The lowest BCUT2D eigenvalue weighted by Crippen LogP contribution is -2.15. The molecule has 0 unspecified atom stereocenters. The average molecular weight is 430 g/mol. The number of carbonyl (C=O) groups excluding carboxylic acids is 1. The molecular formula is C24H18N2O6. The van der Waals surface area contributed by atoms with Crippen LogP contribution in [0.2, 0.25) is 0 Å². The quantitative estimate of drug-likeness (QED) is 0.381. The maximum Gasteiger partial charge on any atom is 0.352 e. The summed E-state index contributed by atoms with van der Waals surface area (Å²) in [7, 11) is 1.52. The second-order valence-corrected chi connectivity index (χ2v) is 7.03. The number of phenolic OH excluding ortho intramolecular Hbond substituents is 1. The highest BCUT2D eigenvalue weighted by Crippen LogP contribution is 2.31. The second-order valence-electron chi connectivity index (χ2n) is 7.03. The van der Waals surface area contributed by atoms with Gasteiger partial charge < -0.3 is 25.3 Å². The Balaban J connectivity index is 1.88. The molecule has 8 heteroatoms. The number of aromatic amines is 1. The van der Waals surface area contributed by atoms with Gasteiger partial charge in [-0.25, -0.2) is 4.79 Å². The normalized spacial score (nSPS) is 10.7. The number of rotatable bonds is 5. The summed E-state index contributed by atoms with van der Waals surface area (Å²) in [6.45, 7) is 0. The van der Waals surface area contributed by atoms with Gasteiger partial charge in [0.25, 0.3) is 5.91 Å². The number of aromatic hydroxyl groups is 1. The Kier molecular flexibility index (Phi) is 5.34. The maximum atomic E-state index is 12.9. The highest BCUT2D eigenvalue weighted by Gasteiger charge is 2.16. The van der Waals surface area contributed by atoms with Crippen LogP contribution in [0.5, 0.6) is 11.5 Å². The molecule has 0 fully saturated rings. The van der Waals surface area contributed by atoms with Gasteiger partial charge in [-0.05, 0) is 59.7 Å². The highest BCUT2D eigenvalue weighted by molar-refractivity contribution is 6.09. The molecular weight excluding hydrogens is 412 g/mol. The number of carboxylic acids is 1. The zero-order valence-corrected chi connectivity index (χ0v) is 16.9. The van der Waals surface area contributed by atoms with E-state index in [1.807, 2.05) is 0 Å². The van der Waals surface area contributed by atoms with Crippen molar-refractivity contribution in [2.75, 3.05) is 12.4 Å². The Morgan fingerprint density at radius 1 is 0.969 bits per heavy atom. The van der Waals surface area contributed by atoms with E-state index in [2.05, 4.69) is 10.3 Å². The van der Waals surface area contributed by atoms with E-state index in [0.29, 0.717) is 22.4 Å². The van der Waals surface area contributed by atoms with E-state index >= 15 is 0 Å². The number of aromatic carboxylic acids is 1. The molecule has 0 aliphatic rings. The Morgan fingerprint density at radius 3 is 2.38 bits per heavy atom. The molecule has 8 nitrogen and oxygen atoms in total. The van der Waals surface area contributed by atoms with Crippen molar-refractivity contribution in [2.24, 2.45) is 0 Å². The van der Waals surface area contributed by atoms with Gasteiger partial charge in [0.05, 0.1) is 18.3 Å². The summed E-state index contributed by atoms with van der Waals surface area (Å²) in [5, 5.41) is 22.1. The number of H-pyrrole nitrogens is 1. The van der Waals surface area contributed by atoms with Gasteiger partial charge in [0.15, 0.2) is 5.43 Å². The minimum Gasteiger partial charge on any atom is -0.508 e. The summed E-state index contributed by atoms with van der Waals surface area (Å²) in [6.07, 6.45) is 0. The lowest BCUT2D eigenvalue weighted by molar-refractivity contribution is 0.0690. The highest BCUT2D eigenvalue weighted by atomic mass is 16.5. The molecule has 4 N–H and O–H groups in total. The molecule has 0 bridgehead atoms. The Bertz CT molecular complexity index is 1410. The van der Waals surface area contributed by atoms with Gasteiger partial charge in [-0.15, -0.1) is 0 Å². The molecule has 0 atom stereocenters. The van der Waals surface area contributed by atoms with Crippen LogP contribution in [-0.2, 0) is 0 Å². The zero-order valence-electron chi connectivity index (χ0n) is 16.9. The minimum absolute atomic E-state index is 0.0431. The van der Waals surface area contributed by atoms with Crippen LogP contribution in [0.3, 0.4) is 0 Å². The van der Waals surface area contributed by atoms with Gasteiger partial charge in [-0.3, -0.25) is 9.59 Å². The van der Waals surface area contributed by atoms with Crippen LogP contribution in [0, 0.1) is 0 Å². The predicted octanol–water partition coefficient (Wildman–Crippen LogP) is 3.86. The van der Waals surface area contributed by atoms with Crippen LogP contribution in [-0.4, -0.2) is 34.2 Å². The smallest absolute Gasteiger partial charge is 0.352 e. The first-order chi connectivity index (χ1) is 15.4. The van der Waals surface area contributed by atoms with Crippen LogP contribution in [0.25, 0.3) is 22.0 Å². The topological polar surface area (TPSA) is 129 Å². The SMILES string of the molecule is COc1ccc(C(=O)Nc2cc(-c3cccc(O)c3)cc3c(=O)cc(C(=O)O)[nH]c23)cc1. The minimum atomic E-state index is -1.30. The van der Waals surface area contributed by atoms with E-state index in [-0.39, 0.29) is 28.0 Å². The number of nitrogens with one attached hydrogen (secondary N) is 2. The maximum absolute atomic E-state index is 12.9. The van der Waals surface area contributed by atoms with Crippen molar-refractivity contribution in [3.8, 4) is 22.6 Å². The lowest BCUT2D eigenvalue weighted by Gasteiger charge is -2.13. The average Bonchev–Trinajstić information content (AvgIpc) is 2.79. The number of methoxy groups -OCH3 is 1. The summed E-state index contributed by atoms with van der Waals surface area (Å²) in [6, 6.07) is 17.1. The van der Waals surface area contributed by atoms with E-state index in [1.165, 1.54) is 19.2 Å². The number of phenols is 1. The van der Waals surface area contributed by atoms with Crippen LogP contribution in [0.15, 0.2) is 71.5 Å². The molecule has 0 aliphatic carbocycles. The fourth-order valence-corrected chi connectivity index (χ4v) is 3.35. The third-order valence-electron chi connectivity index (χ3n) is 4.95. The number of fused-ring (bicyclic) bond motifs is 1. The number of aromatic nitrogens is 1. The van der Waals surface area contributed by atoms with Crippen molar-refractivity contribution in [2.45, 2.75) is 0 Å². The van der Waals surface area contributed by atoms with Crippen molar-refractivity contribution >= 4 is 28.5 Å². The van der Waals surface area contributed by atoms with Crippen molar-refractivity contribution in [3.05, 3.63) is 88.2 Å². The van der Waals surface area contributed by atoms with E-state index in [9.17, 15) is 24.6 Å². The first-order valence-corrected chi connectivity index (χ1v) is 9.55. The van der Waals surface area contributed by atoms with Gasteiger partial charge in [-0.2, -0.15) is 0 Å². The van der Waals surface area contributed by atoms with E-state index in [1.54, 1.807) is 48.5 Å². The van der Waals surface area contributed by atoms with Crippen molar-refractivity contribution in [1.82, 2.24) is 4.98 Å². The molecule has 0 saturated carbocycles. The summed E-state index contributed by atoms with van der Waals surface area (Å²) in [5.74, 6) is -1.12. The number of carbonyl (C=O) groups is 2. The van der Waals surface area contributed by atoms with E-state index in [4.69, 9.17) is 4.74 Å². The van der Waals surface area contributed by atoms with Crippen LogP contribution >= 0.6 is 0 Å². The molecule has 4 rings (SSSR count). The predicted molar refractivity (Wildman–Crippen MR) is 120 cm³/mol. The third kappa shape index (κ3) is 4.01. The molecule has 4 aromatic rings. The van der Waals surface area contributed by atoms with Crippen molar-refractivity contribution in [1.29, 1.82) is 0 Å². The number of amides is 1. The molecule has 3 aromatic carbocycles. The molecule has 1 aromatic heterocycles. The molecule has 0 spiro atoms. The monoisotopic (exact) mass is 430 g/mol. The number of hydrogen-bond acceptors (Lipinski definition) is 5. The second kappa shape index (κ2) is 8.27. The molecule has 32 heavy (non-hydrogen) atoms. The molecule has 1 amide bonds. The number of pyridine rings is 1. The molecule has 160 valence electrons. The van der Waals surface area contributed by atoms with Crippen molar-refractivity contribution in [3.63, 3.8) is 0 Å². The lowest BCUT2D eigenvalue weighted by atomic mass is 10.0. The first kappa shape index (κ1) is 20.7. The number of ether oxygens (including phenoxy) is 1. The van der Waals surface area contributed by atoms with Gasteiger partial charge in [0.1, 0.15) is 17.2 Å². The van der Waals surface area contributed by atoms with E-state index in [0.717, 1.165) is 6.07 Å². The van der Waals surface area contributed by atoms with Crippen LogP contribution in [0.1, 0.15) is 20.8 Å². The summed E-state index contributed by atoms with van der Waals surface area (Å²) in [4.78, 5) is 39.7. The van der Waals surface area contributed by atoms with Crippen molar-refractivity contribution < 1.29 is 24.5 Å².